The van der Waals surface area contributed by atoms with Gasteiger partial charge in [0.25, 0.3) is 0 Å². The lowest BCUT2D eigenvalue weighted by atomic mass is 10.1. The molecule has 2 aliphatic rings. The van der Waals surface area contributed by atoms with Crippen LogP contribution in [0.2, 0.25) is 0 Å². The van der Waals surface area contributed by atoms with Crippen molar-refractivity contribution in [3.05, 3.63) is 42.2 Å². The van der Waals surface area contributed by atoms with Gasteiger partial charge in [-0.3, -0.25) is 4.79 Å². The minimum Gasteiger partial charge on any atom is -0.353 e. The molecule has 1 aliphatic carbocycles. The van der Waals surface area contributed by atoms with Gasteiger partial charge in [-0.15, -0.1) is 10.2 Å². The third-order valence-corrected chi connectivity index (χ3v) is 6.28. The number of nitrogens with zero attached hydrogens (tertiary/aromatic N) is 5. The summed E-state index contributed by atoms with van der Waals surface area (Å²) in [5, 5.41) is 11.6. The van der Waals surface area contributed by atoms with Crippen LogP contribution in [0.5, 0.6) is 0 Å². The monoisotopic (exact) mass is 468 g/mol. The lowest BCUT2D eigenvalue weighted by molar-refractivity contribution is -0.131. The summed E-state index contributed by atoms with van der Waals surface area (Å²) >= 11 is 0. The number of aromatic nitrogens is 2. The van der Waals surface area contributed by atoms with Crippen LogP contribution in [0.4, 0.5) is 15.0 Å². The third kappa shape index (κ3) is 6.42. The van der Waals surface area contributed by atoms with E-state index in [9.17, 15) is 14.0 Å². The fourth-order valence-electron chi connectivity index (χ4n) is 4.10. The Morgan fingerprint density at radius 1 is 1.06 bits per heavy atom. The molecule has 0 atom stereocenters. The first-order valence-electron chi connectivity index (χ1n) is 12.2. The minimum absolute atomic E-state index is 0.00751. The average molecular weight is 469 g/mol. The molecule has 1 saturated heterocycles. The number of rotatable bonds is 8. The molecule has 9 heteroatoms. The molecule has 1 saturated carbocycles. The Morgan fingerprint density at radius 3 is 2.53 bits per heavy atom. The predicted octanol–water partition coefficient (Wildman–Crippen LogP) is 3.15. The molecule has 0 bridgehead atoms. The van der Waals surface area contributed by atoms with Crippen molar-refractivity contribution >= 4 is 17.8 Å². The molecule has 2 aromatic rings. The number of halogens is 1. The van der Waals surface area contributed by atoms with E-state index in [0.717, 1.165) is 43.6 Å². The van der Waals surface area contributed by atoms with Gasteiger partial charge in [0, 0.05) is 44.8 Å². The van der Waals surface area contributed by atoms with Crippen LogP contribution < -0.4 is 10.2 Å². The van der Waals surface area contributed by atoms with E-state index in [1.165, 1.54) is 12.1 Å². The van der Waals surface area contributed by atoms with Crippen LogP contribution in [-0.4, -0.2) is 77.7 Å². The fourth-order valence-corrected chi connectivity index (χ4v) is 4.10. The van der Waals surface area contributed by atoms with Gasteiger partial charge in [-0.1, -0.05) is 6.92 Å². The second-order valence-corrected chi connectivity index (χ2v) is 9.06. The van der Waals surface area contributed by atoms with E-state index < -0.39 is 0 Å². The van der Waals surface area contributed by atoms with Crippen molar-refractivity contribution in [3.63, 3.8) is 0 Å². The van der Waals surface area contributed by atoms with Crippen molar-refractivity contribution in [3.8, 4) is 11.3 Å². The molecule has 1 aromatic carbocycles. The zero-order chi connectivity index (χ0) is 23.9. The quantitative estimate of drug-likeness (QED) is 0.644. The number of hydrogen-bond donors (Lipinski definition) is 1. The molecule has 0 spiro atoms. The van der Waals surface area contributed by atoms with Crippen molar-refractivity contribution in [2.24, 2.45) is 5.92 Å². The van der Waals surface area contributed by atoms with Gasteiger partial charge in [-0.05, 0) is 68.0 Å². The summed E-state index contributed by atoms with van der Waals surface area (Å²) in [5.41, 5.74) is 1.50. The highest BCUT2D eigenvalue weighted by atomic mass is 19.1. The van der Waals surface area contributed by atoms with Gasteiger partial charge in [-0.2, -0.15) is 0 Å². The Hall–Kier alpha value is -3.23. The second-order valence-electron chi connectivity index (χ2n) is 9.06. The van der Waals surface area contributed by atoms with Crippen LogP contribution in [0, 0.1) is 11.7 Å². The summed E-state index contributed by atoms with van der Waals surface area (Å²) < 4.78 is 13.2. The third-order valence-electron chi connectivity index (χ3n) is 6.28. The summed E-state index contributed by atoms with van der Waals surface area (Å²) in [4.78, 5) is 31.2. The highest BCUT2D eigenvalue weighted by Gasteiger charge is 2.29. The molecule has 1 aromatic heterocycles. The number of amides is 3. The van der Waals surface area contributed by atoms with Gasteiger partial charge in [0.1, 0.15) is 12.4 Å². The molecule has 182 valence electrons. The molecule has 4 rings (SSSR count). The molecule has 34 heavy (non-hydrogen) atoms. The summed E-state index contributed by atoms with van der Waals surface area (Å²) in [7, 11) is 0. The second kappa shape index (κ2) is 11.3. The van der Waals surface area contributed by atoms with Gasteiger partial charge in [0.15, 0.2) is 5.82 Å². The van der Waals surface area contributed by atoms with Gasteiger partial charge in [0.2, 0.25) is 5.91 Å². The predicted molar refractivity (Wildman–Crippen MR) is 129 cm³/mol. The normalized spacial score (nSPS) is 16.2. The summed E-state index contributed by atoms with van der Waals surface area (Å²) in [6.07, 6.45) is 3.95. The molecule has 3 amide bonds. The number of hydrogen-bond acceptors (Lipinski definition) is 5. The van der Waals surface area contributed by atoms with E-state index in [0.29, 0.717) is 44.3 Å². The SMILES string of the molecule is CCCNC(=O)N(CC(=O)N1CCCN(c2ccc(-c3ccc(F)cc3)nn2)CC1)CC1CC1. The number of carbonyl (C=O) groups is 2. The minimum atomic E-state index is -0.283. The Labute approximate surface area is 200 Å². The van der Waals surface area contributed by atoms with E-state index in [-0.39, 0.29) is 24.3 Å². The maximum Gasteiger partial charge on any atom is 0.317 e. The lowest BCUT2D eigenvalue weighted by Crippen LogP contribution is -2.48. The highest BCUT2D eigenvalue weighted by Crippen LogP contribution is 2.29. The van der Waals surface area contributed by atoms with E-state index >= 15 is 0 Å². The molecule has 8 nitrogen and oxygen atoms in total. The fraction of sp³-hybridized carbons (Fsp3) is 0.520. The highest BCUT2D eigenvalue weighted by molar-refractivity contribution is 5.84. The van der Waals surface area contributed by atoms with Crippen molar-refractivity contribution in [1.29, 1.82) is 0 Å². The van der Waals surface area contributed by atoms with Gasteiger partial charge < -0.3 is 20.0 Å². The molecule has 1 aliphatic heterocycles. The number of carbonyl (C=O) groups excluding carboxylic acids is 2. The van der Waals surface area contributed by atoms with Crippen molar-refractivity contribution in [2.75, 3.05) is 50.7 Å². The largest absolute Gasteiger partial charge is 0.353 e. The van der Waals surface area contributed by atoms with Crippen LogP contribution in [0.1, 0.15) is 32.6 Å². The summed E-state index contributed by atoms with van der Waals surface area (Å²) in [6.45, 7) is 6.07. The molecule has 0 radical (unpaired) electrons. The maximum atomic E-state index is 13.2. The maximum absolute atomic E-state index is 13.2. The Kier molecular flexibility index (Phi) is 7.92. The van der Waals surface area contributed by atoms with Crippen LogP contribution >= 0.6 is 0 Å². The number of anilines is 1. The summed E-state index contributed by atoms with van der Waals surface area (Å²) in [5.74, 6) is 0.992. The van der Waals surface area contributed by atoms with Gasteiger partial charge in [0.05, 0.1) is 5.69 Å². The Bertz CT molecular complexity index is 964. The molecule has 2 fully saturated rings. The van der Waals surface area contributed by atoms with Crippen LogP contribution in [0.25, 0.3) is 11.3 Å². The molecular weight excluding hydrogens is 435 g/mol. The number of nitrogens with one attached hydrogen (secondary N) is 1. The van der Waals surface area contributed by atoms with Crippen molar-refractivity contribution in [2.45, 2.75) is 32.6 Å². The zero-order valence-electron chi connectivity index (χ0n) is 19.8. The van der Waals surface area contributed by atoms with Gasteiger partial charge in [-0.25, -0.2) is 9.18 Å². The first-order chi connectivity index (χ1) is 16.5. The topological polar surface area (TPSA) is 81.7 Å². The molecule has 1 N–H and O–H groups in total. The smallest absolute Gasteiger partial charge is 0.317 e. The van der Waals surface area contributed by atoms with Gasteiger partial charge >= 0.3 is 6.03 Å². The number of urea groups is 1. The van der Waals surface area contributed by atoms with Crippen LogP contribution in [0.15, 0.2) is 36.4 Å². The van der Waals surface area contributed by atoms with E-state index in [1.807, 2.05) is 24.0 Å². The van der Waals surface area contributed by atoms with Crippen LogP contribution in [0.3, 0.4) is 0 Å². The number of benzene rings is 1. The molecular formula is C25H33FN6O2. The standard InChI is InChI=1S/C25H33FN6O2/c1-2-12-27-25(34)32(17-19-4-5-19)18-24(33)31-14-3-13-30(15-16-31)23-11-10-22(28-29-23)20-6-8-21(26)9-7-20/h6-11,19H,2-5,12-18H2,1H3,(H,27,34). The van der Waals surface area contributed by atoms with Crippen LogP contribution in [-0.2, 0) is 4.79 Å². The van der Waals surface area contributed by atoms with Crippen molar-refractivity contribution in [1.82, 2.24) is 25.3 Å². The first-order valence-corrected chi connectivity index (χ1v) is 12.2. The average Bonchev–Trinajstić information content (AvgIpc) is 3.69. The lowest BCUT2D eigenvalue weighted by Gasteiger charge is -2.27. The van der Waals surface area contributed by atoms with E-state index in [1.54, 1.807) is 17.0 Å². The molecule has 0 unspecified atom stereocenters. The van der Waals surface area contributed by atoms with E-state index in [4.69, 9.17) is 0 Å². The zero-order valence-corrected chi connectivity index (χ0v) is 19.8. The molecule has 2 heterocycles. The Morgan fingerprint density at radius 2 is 1.85 bits per heavy atom. The summed E-state index contributed by atoms with van der Waals surface area (Å²) in [6, 6.07) is 9.84. The first kappa shape index (κ1) is 23.9. The van der Waals surface area contributed by atoms with Crippen molar-refractivity contribution < 1.29 is 14.0 Å². The Balaban J connectivity index is 1.33. The van der Waals surface area contributed by atoms with E-state index in [2.05, 4.69) is 20.4 Å².